The van der Waals surface area contributed by atoms with E-state index in [0.29, 0.717) is 24.7 Å². The highest BCUT2D eigenvalue weighted by molar-refractivity contribution is 6.08. The second kappa shape index (κ2) is 6.87. The molecule has 3 rings (SSSR count). The zero-order valence-electron chi connectivity index (χ0n) is 12.9. The Bertz CT molecular complexity index is 852. The number of carbonyl (C=O) groups is 2. The summed E-state index contributed by atoms with van der Waals surface area (Å²) in [5, 5.41) is 15.2. The van der Waals surface area contributed by atoms with Gasteiger partial charge in [0.05, 0.1) is 4.92 Å². The number of nitrogens with one attached hydrogen (secondary N) is 2. The number of imide groups is 1. The summed E-state index contributed by atoms with van der Waals surface area (Å²) in [5.41, 5.74) is 0.246. The van der Waals surface area contributed by atoms with Crippen molar-refractivity contribution in [3.05, 3.63) is 58.1 Å². The number of hydrogen-bond acceptors (Lipinski definition) is 6. The van der Waals surface area contributed by atoms with Crippen molar-refractivity contribution >= 4 is 23.3 Å². The van der Waals surface area contributed by atoms with Gasteiger partial charge in [0.2, 0.25) is 0 Å². The number of ether oxygens (including phenoxy) is 2. The topological polar surface area (TPSA) is 120 Å². The molecule has 2 N–H and O–H groups in total. The number of fused-ring (bicyclic) bond motifs is 1. The number of urea groups is 1. The summed E-state index contributed by atoms with van der Waals surface area (Å²) in [6.45, 7) is 0.815. The molecule has 0 saturated carbocycles. The van der Waals surface area contributed by atoms with E-state index in [0.717, 1.165) is 0 Å². The van der Waals surface area contributed by atoms with Crippen molar-refractivity contribution in [1.29, 1.82) is 0 Å². The van der Waals surface area contributed by atoms with Crippen molar-refractivity contribution in [3.63, 3.8) is 0 Å². The van der Waals surface area contributed by atoms with E-state index >= 15 is 0 Å². The standard InChI is InChI=1S/C16H13N3O6/c20-15(10-4-5-13-14(8-10)25-7-6-24-13)18-16(21)17-11-2-1-3-12(9-11)19(22)23/h1-5,8-9H,6-7H2,(H2,17,18,20,21). The lowest BCUT2D eigenvalue weighted by atomic mass is 10.2. The fraction of sp³-hybridized carbons (Fsp3) is 0.125. The van der Waals surface area contributed by atoms with E-state index < -0.39 is 16.9 Å². The molecule has 0 aromatic heterocycles. The summed E-state index contributed by atoms with van der Waals surface area (Å²) in [5.74, 6) is 0.321. The molecule has 1 heterocycles. The fourth-order valence-electron chi connectivity index (χ4n) is 2.22. The molecule has 1 aliphatic heterocycles. The number of anilines is 1. The van der Waals surface area contributed by atoms with Gasteiger partial charge in [-0.2, -0.15) is 0 Å². The predicted molar refractivity (Wildman–Crippen MR) is 87.0 cm³/mol. The van der Waals surface area contributed by atoms with Crippen LogP contribution < -0.4 is 20.1 Å². The Kier molecular flexibility index (Phi) is 4.46. The van der Waals surface area contributed by atoms with Crippen LogP contribution >= 0.6 is 0 Å². The highest BCUT2D eigenvalue weighted by Crippen LogP contribution is 2.30. The molecule has 128 valence electrons. The number of rotatable bonds is 3. The number of amides is 3. The lowest BCUT2D eigenvalue weighted by Gasteiger charge is -2.18. The molecule has 0 spiro atoms. The molecule has 9 heteroatoms. The van der Waals surface area contributed by atoms with E-state index in [1.165, 1.54) is 36.4 Å². The first-order chi connectivity index (χ1) is 12.0. The molecule has 0 radical (unpaired) electrons. The highest BCUT2D eigenvalue weighted by Gasteiger charge is 2.17. The Hall–Kier alpha value is -3.62. The van der Waals surface area contributed by atoms with Gasteiger partial charge in [-0.1, -0.05) is 6.07 Å². The van der Waals surface area contributed by atoms with Gasteiger partial charge in [-0.25, -0.2) is 4.79 Å². The van der Waals surface area contributed by atoms with E-state index in [1.807, 2.05) is 0 Å². The molecule has 9 nitrogen and oxygen atoms in total. The molecule has 0 unspecified atom stereocenters. The average Bonchev–Trinajstić information content (AvgIpc) is 2.61. The Balaban J connectivity index is 1.65. The Labute approximate surface area is 141 Å². The molecule has 1 aliphatic rings. The SMILES string of the molecule is O=C(NC(=O)c1ccc2c(c1)OCCO2)Nc1cccc([N+](=O)[O-])c1. The number of nitrogens with zero attached hydrogens (tertiary/aromatic N) is 1. The Morgan fingerprint density at radius 3 is 2.56 bits per heavy atom. The van der Waals surface area contributed by atoms with Crippen LogP contribution in [-0.4, -0.2) is 30.1 Å². The number of nitro benzene ring substituents is 1. The Morgan fingerprint density at radius 2 is 1.80 bits per heavy atom. The summed E-state index contributed by atoms with van der Waals surface area (Å²) in [6, 6.07) is 9.14. The van der Waals surface area contributed by atoms with Gasteiger partial charge in [-0.3, -0.25) is 20.2 Å². The minimum absolute atomic E-state index is 0.170. The summed E-state index contributed by atoms with van der Waals surface area (Å²) in [7, 11) is 0. The monoisotopic (exact) mass is 343 g/mol. The second-order valence-corrected chi connectivity index (χ2v) is 5.07. The maximum Gasteiger partial charge on any atom is 0.326 e. The second-order valence-electron chi connectivity index (χ2n) is 5.07. The van der Waals surface area contributed by atoms with Crippen LogP contribution in [0.4, 0.5) is 16.2 Å². The van der Waals surface area contributed by atoms with Crippen LogP contribution in [0, 0.1) is 10.1 Å². The molecule has 2 aromatic rings. The van der Waals surface area contributed by atoms with Gasteiger partial charge in [-0.15, -0.1) is 0 Å². The quantitative estimate of drug-likeness (QED) is 0.652. The van der Waals surface area contributed by atoms with Crippen molar-refractivity contribution in [1.82, 2.24) is 5.32 Å². The van der Waals surface area contributed by atoms with E-state index in [-0.39, 0.29) is 16.9 Å². The lowest BCUT2D eigenvalue weighted by molar-refractivity contribution is -0.384. The van der Waals surface area contributed by atoms with Gasteiger partial charge in [0.1, 0.15) is 13.2 Å². The van der Waals surface area contributed by atoms with Crippen LogP contribution in [0.2, 0.25) is 0 Å². The summed E-state index contributed by atoms with van der Waals surface area (Å²) >= 11 is 0. The zero-order chi connectivity index (χ0) is 17.8. The smallest absolute Gasteiger partial charge is 0.326 e. The molecular formula is C16H13N3O6. The van der Waals surface area contributed by atoms with Crippen LogP contribution in [0.3, 0.4) is 0 Å². The first-order valence-electron chi connectivity index (χ1n) is 7.29. The molecule has 2 aromatic carbocycles. The molecule has 0 aliphatic carbocycles. The number of carbonyl (C=O) groups excluding carboxylic acids is 2. The van der Waals surface area contributed by atoms with Gasteiger partial charge in [0, 0.05) is 23.4 Å². The van der Waals surface area contributed by atoms with Crippen molar-refractivity contribution in [2.75, 3.05) is 18.5 Å². The Morgan fingerprint density at radius 1 is 1.04 bits per heavy atom. The summed E-state index contributed by atoms with van der Waals surface area (Å²) in [4.78, 5) is 34.2. The first kappa shape index (κ1) is 16.2. The maximum absolute atomic E-state index is 12.1. The zero-order valence-corrected chi connectivity index (χ0v) is 12.9. The van der Waals surface area contributed by atoms with Crippen LogP contribution in [0.1, 0.15) is 10.4 Å². The van der Waals surface area contributed by atoms with Crippen LogP contribution in [0.15, 0.2) is 42.5 Å². The molecule has 0 fully saturated rings. The maximum atomic E-state index is 12.1. The van der Waals surface area contributed by atoms with Gasteiger partial charge in [-0.05, 0) is 24.3 Å². The molecular weight excluding hydrogens is 330 g/mol. The molecule has 3 amide bonds. The summed E-state index contributed by atoms with van der Waals surface area (Å²) in [6.07, 6.45) is 0. The molecule has 0 saturated heterocycles. The third-order valence-electron chi connectivity index (χ3n) is 3.35. The predicted octanol–water partition coefficient (Wildman–Crippen LogP) is 2.33. The third kappa shape index (κ3) is 3.83. The van der Waals surface area contributed by atoms with Crippen LogP contribution in [0.25, 0.3) is 0 Å². The van der Waals surface area contributed by atoms with E-state index in [4.69, 9.17) is 9.47 Å². The van der Waals surface area contributed by atoms with Crippen molar-refractivity contribution in [2.24, 2.45) is 0 Å². The largest absolute Gasteiger partial charge is 0.486 e. The molecule has 25 heavy (non-hydrogen) atoms. The van der Waals surface area contributed by atoms with Crippen LogP contribution in [-0.2, 0) is 0 Å². The van der Waals surface area contributed by atoms with Crippen molar-refractivity contribution in [2.45, 2.75) is 0 Å². The summed E-state index contributed by atoms with van der Waals surface area (Å²) < 4.78 is 10.7. The average molecular weight is 343 g/mol. The third-order valence-corrected chi connectivity index (χ3v) is 3.35. The number of non-ortho nitro benzene ring substituents is 1. The normalized spacial score (nSPS) is 12.2. The van der Waals surface area contributed by atoms with E-state index in [9.17, 15) is 19.7 Å². The van der Waals surface area contributed by atoms with E-state index in [1.54, 1.807) is 6.07 Å². The molecule has 0 atom stereocenters. The number of hydrogen-bond donors (Lipinski definition) is 2. The minimum Gasteiger partial charge on any atom is -0.486 e. The van der Waals surface area contributed by atoms with Crippen LogP contribution in [0.5, 0.6) is 11.5 Å². The highest BCUT2D eigenvalue weighted by atomic mass is 16.6. The van der Waals surface area contributed by atoms with Crippen molar-refractivity contribution < 1.29 is 24.0 Å². The number of benzene rings is 2. The van der Waals surface area contributed by atoms with E-state index in [2.05, 4.69) is 10.6 Å². The van der Waals surface area contributed by atoms with Crippen molar-refractivity contribution in [3.8, 4) is 11.5 Å². The van der Waals surface area contributed by atoms with Gasteiger partial charge in [0.25, 0.3) is 11.6 Å². The molecule has 0 bridgehead atoms. The van der Waals surface area contributed by atoms with Gasteiger partial charge >= 0.3 is 6.03 Å². The number of nitro groups is 1. The first-order valence-corrected chi connectivity index (χ1v) is 7.29. The minimum atomic E-state index is -0.805. The van der Waals surface area contributed by atoms with Gasteiger partial charge < -0.3 is 14.8 Å². The van der Waals surface area contributed by atoms with Gasteiger partial charge in [0.15, 0.2) is 11.5 Å². The fourth-order valence-corrected chi connectivity index (χ4v) is 2.22. The lowest BCUT2D eigenvalue weighted by Crippen LogP contribution is -2.34.